The van der Waals surface area contributed by atoms with E-state index in [1.165, 1.54) is 0 Å². The summed E-state index contributed by atoms with van der Waals surface area (Å²) in [6, 6.07) is 5.14. The van der Waals surface area contributed by atoms with Crippen molar-refractivity contribution >= 4 is 0 Å². The molecule has 0 aliphatic rings. The number of hydrogen-bond donors (Lipinski definition) is 1. The second-order valence-electron chi connectivity index (χ2n) is 5.15. The first-order valence-electron chi connectivity index (χ1n) is 6.77. The van der Waals surface area contributed by atoms with Crippen LogP contribution in [0.15, 0.2) is 30.5 Å². The van der Waals surface area contributed by atoms with Crippen molar-refractivity contribution in [2.24, 2.45) is 0 Å². The van der Waals surface area contributed by atoms with Crippen molar-refractivity contribution in [3.8, 4) is 11.5 Å². The molecule has 1 aromatic carbocycles. The Hall–Kier alpha value is -2.01. The van der Waals surface area contributed by atoms with Crippen molar-refractivity contribution in [3.05, 3.63) is 53.4 Å². The zero-order valence-corrected chi connectivity index (χ0v) is 12.3. The van der Waals surface area contributed by atoms with Gasteiger partial charge in [0, 0.05) is 42.2 Å². The highest BCUT2D eigenvalue weighted by Crippen LogP contribution is 2.28. The summed E-state index contributed by atoms with van der Waals surface area (Å²) in [4.78, 5) is 4.21. The minimum Gasteiger partial charge on any atom is -0.454 e. The quantitative estimate of drug-likeness (QED) is 0.905. The van der Waals surface area contributed by atoms with Gasteiger partial charge in [0.1, 0.15) is 11.6 Å². The lowest BCUT2D eigenvalue weighted by Crippen LogP contribution is -2.22. The van der Waals surface area contributed by atoms with Gasteiger partial charge in [-0.05, 0) is 19.1 Å². The highest BCUT2D eigenvalue weighted by atomic mass is 19.1. The zero-order chi connectivity index (χ0) is 15.4. The Balaban J connectivity index is 2.29. The molecule has 0 atom stereocenters. The molecule has 0 saturated carbocycles. The fourth-order valence-corrected chi connectivity index (χ4v) is 1.78. The molecule has 0 aliphatic heterocycles. The molecule has 2 aromatic rings. The first-order valence-corrected chi connectivity index (χ1v) is 6.77. The normalized spacial score (nSPS) is 11.0. The second-order valence-corrected chi connectivity index (χ2v) is 5.15. The monoisotopic (exact) mass is 292 g/mol. The smallest absolute Gasteiger partial charge is 0.165 e. The van der Waals surface area contributed by atoms with Gasteiger partial charge in [0.15, 0.2) is 11.6 Å². The van der Waals surface area contributed by atoms with Gasteiger partial charge in [0.05, 0.1) is 0 Å². The number of aromatic nitrogens is 1. The Morgan fingerprint density at radius 1 is 1.19 bits per heavy atom. The van der Waals surface area contributed by atoms with Crippen LogP contribution >= 0.6 is 0 Å². The molecule has 21 heavy (non-hydrogen) atoms. The van der Waals surface area contributed by atoms with E-state index in [0.717, 1.165) is 29.5 Å². The fourth-order valence-electron chi connectivity index (χ4n) is 1.78. The number of halogens is 2. The largest absolute Gasteiger partial charge is 0.454 e. The number of pyridine rings is 1. The van der Waals surface area contributed by atoms with E-state index in [0.29, 0.717) is 18.3 Å². The van der Waals surface area contributed by atoms with Gasteiger partial charge in [0.2, 0.25) is 0 Å². The molecular weight excluding hydrogens is 274 g/mol. The van der Waals surface area contributed by atoms with E-state index in [4.69, 9.17) is 4.74 Å². The van der Waals surface area contributed by atoms with Gasteiger partial charge < -0.3 is 10.1 Å². The summed E-state index contributed by atoms with van der Waals surface area (Å²) in [5.74, 6) is -0.806. The predicted octanol–water partition coefficient (Wildman–Crippen LogP) is 3.96. The summed E-state index contributed by atoms with van der Waals surface area (Å²) in [6.45, 7) is 6.40. The number of benzene rings is 1. The van der Waals surface area contributed by atoms with Crippen molar-refractivity contribution < 1.29 is 13.5 Å². The van der Waals surface area contributed by atoms with Gasteiger partial charge >= 0.3 is 0 Å². The lowest BCUT2D eigenvalue weighted by molar-refractivity contribution is 0.428. The number of rotatable bonds is 5. The van der Waals surface area contributed by atoms with Gasteiger partial charge in [-0.25, -0.2) is 8.78 Å². The molecule has 0 amide bonds. The molecule has 0 aliphatic carbocycles. The summed E-state index contributed by atoms with van der Waals surface area (Å²) < 4.78 is 32.4. The van der Waals surface area contributed by atoms with E-state index in [-0.39, 0.29) is 5.75 Å². The van der Waals surface area contributed by atoms with Crippen molar-refractivity contribution in [1.29, 1.82) is 0 Å². The van der Waals surface area contributed by atoms with Crippen LogP contribution in [-0.4, -0.2) is 11.0 Å². The van der Waals surface area contributed by atoms with Gasteiger partial charge in [-0.3, -0.25) is 4.98 Å². The molecule has 0 unspecified atom stereocenters. The molecular formula is C16H18F2N2O. The van der Waals surface area contributed by atoms with Crippen LogP contribution in [0.3, 0.4) is 0 Å². The number of aryl methyl sites for hydroxylation is 1. The van der Waals surface area contributed by atoms with Crippen LogP contribution in [-0.2, 0) is 6.54 Å². The minimum atomic E-state index is -0.603. The van der Waals surface area contributed by atoms with Gasteiger partial charge in [0.25, 0.3) is 0 Å². The maximum absolute atomic E-state index is 13.7. The molecule has 1 aromatic heterocycles. The highest BCUT2D eigenvalue weighted by molar-refractivity contribution is 5.38. The second kappa shape index (κ2) is 6.63. The van der Waals surface area contributed by atoms with E-state index in [2.05, 4.69) is 10.3 Å². The maximum atomic E-state index is 13.7. The third-order valence-corrected chi connectivity index (χ3v) is 2.89. The van der Waals surface area contributed by atoms with Crippen molar-refractivity contribution in [2.75, 3.05) is 0 Å². The summed E-state index contributed by atoms with van der Waals surface area (Å²) in [7, 11) is 0. The first-order chi connectivity index (χ1) is 9.95. The standard InChI is InChI=1S/C16H18F2N2O/c1-10(2)19-8-12-9-20-11(3)6-15(12)21-16-7-13(17)4-5-14(16)18/h4-7,9-10,19H,8H2,1-3H3. The Morgan fingerprint density at radius 2 is 1.95 bits per heavy atom. The van der Waals surface area contributed by atoms with Crippen molar-refractivity contribution in [1.82, 2.24) is 10.3 Å². The first kappa shape index (κ1) is 15.4. The number of hydrogen-bond acceptors (Lipinski definition) is 3. The van der Waals surface area contributed by atoms with Crippen LogP contribution in [0.4, 0.5) is 8.78 Å². The topological polar surface area (TPSA) is 34.1 Å². The Kier molecular flexibility index (Phi) is 4.85. The number of nitrogens with zero attached hydrogens (tertiary/aromatic N) is 1. The molecule has 1 N–H and O–H groups in total. The Bertz CT molecular complexity index is 630. The van der Waals surface area contributed by atoms with Crippen LogP contribution in [0.1, 0.15) is 25.1 Å². The molecule has 0 radical (unpaired) electrons. The Labute approximate surface area is 123 Å². The molecule has 2 rings (SSSR count). The van der Waals surface area contributed by atoms with Crippen LogP contribution < -0.4 is 10.1 Å². The average molecular weight is 292 g/mol. The van der Waals surface area contributed by atoms with E-state index >= 15 is 0 Å². The van der Waals surface area contributed by atoms with E-state index in [9.17, 15) is 8.78 Å². The third kappa shape index (κ3) is 4.23. The highest BCUT2D eigenvalue weighted by Gasteiger charge is 2.11. The summed E-state index contributed by atoms with van der Waals surface area (Å²) in [5, 5.41) is 3.25. The molecule has 0 saturated heterocycles. The molecule has 112 valence electrons. The molecule has 0 fully saturated rings. The average Bonchev–Trinajstić information content (AvgIpc) is 2.42. The molecule has 0 bridgehead atoms. The Morgan fingerprint density at radius 3 is 2.67 bits per heavy atom. The summed E-state index contributed by atoms with van der Waals surface area (Å²) in [5.41, 5.74) is 1.54. The molecule has 1 heterocycles. The van der Waals surface area contributed by atoms with Gasteiger partial charge in [-0.15, -0.1) is 0 Å². The van der Waals surface area contributed by atoms with E-state index in [1.807, 2.05) is 20.8 Å². The van der Waals surface area contributed by atoms with Crippen LogP contribution in [0.2, 0.25) is 0 Å². The number of ether oxygens (including phenoxy) is 1. The lowest BCUT2D eigenvalue weighted by atomic mass is 10.2. The predicted molar refractivity (Wildman–Crippen MR) is 77.4 cm³/mol. The summed E-state index contributed by atoms with van der Waals surface area (Å²) >= 11 is 0. The van der Waals surface area contributed by atoms with Crippen LogP contribution in [0.25, 0.3) is 0 Å². The van der Waals surface area contributed by atoms with E-state index < -0.39 is 11.6 Å². The van der Waals surface area contributed by atoms with Crippen molar-refractivity contribution in [2.45, 2.75) is 33.4 Å². The fraction of sp³-hybridized carbons (Fsp3) is 0.312. The molecule has 5 heteroatoms. The third-order valence-electron chi connectivity index (χ3n) is 2.89. The van der Waals surface area contributed by atoms with Gasteiger partial charge in [-0.2, -0.15) is 0 Å². The zero-order valence-electron chi connectivity index (χ0n) is 12.3. The van der Waals surface area contributed by atoms with E-state index in [1.54, 1.807) is 12.3 Å². The maximum Gasteiger partial charge on any atom is 0.165 e. The minimum absolute atomic E-state index is 0.133. The molecule has 3 nitrogen and oxygen atoms in total. The van der Waals surface area contributed by atoms with Crippen molar-refractivity contribution in [3.63, 3.8) is 0 Å². The van der Waals surface area contributed by atoms with Gasteiger partial charge in [-0.1, -0.05) is 13.8 Å². The SMILES string of the molecule is Cc1cc(Oc2cc(F)ccc2F)c(CNC(C)C)cn1. The van der Waals surface area contributed by atoms with Crippen LogP contribution in [0, 0.1) is 18.6 Å². The lowest BCUT2D eigenvalue weighted by Gasteiger charge is -2.14. The van der Waals surface area contributed by atoms with Crippen LogP contribution in [0.5, 0.6) is 11.5 Å². The number of nitrogens with one attached hydrogen (secondary N) is 1. The summed E-state index contributed by atoms with van der Waals surface area (Å²) in [6.07, 6.45) is 1.68. The molecule has 0 spiro atoms.